The largest absolute Gasteiger partial charge is 0.381 e. The van der Waals surface area contributed by atoms with Gasteiger partial charge in [-0.25, -0.2) is 8.42 Å². The molecule has 0 amide bonds. The maximum Gasteiger partial charge on any atom is 0.269 e. The van der Waals surface area contributed by atoms with Crippen LogP contribution in [0, 0.1) is 6.92 Å². The average molecular weight is 294 g/mol. The number of hydrogen-bond donors (Lipinski definition) is 1. The molecule has 0 saturated heterocycles. The van der Waals surface area contributed by atoms with Crippen molar-refractivity contribution in [2.75, 3.05) is 17.1 Å². The van der Waals surface area contributed by atoms with Crippen LogP contribution in [0.2, 0.25) is 0 Å². The normalized spacial score (nSPS) is 11.6. The van der Waals surface area contributed by atoms with Gasteiger partial charge in [0, 0.05) is 19.8 Å². The predicted octanol–water partition coefficient (Wildman–Crippen LogP) is 1.62. The van der Waals surface area contributed by atoms with Crippen molar-refractivity contribution in [2.24, 2.45) is 0 Å². The van der Waals surface area contributed by atoms with Gasteiger partial charge in [-0.2, -0.15) is 5.10 Å². The van der Waals surface area contributed by atoms with Crippen LogP contribution in [0.1, 0.15) is 12.5 Å². The molecule has 6 nitrogen and oxygen atoms in total. The van der Waals surface area contributed by atoms with E-state index in [4.69, 9.17) is 5.73 Å². The minimum atomic E-state index is -3.71. The van der Waals surface area contributed by atoms with E-state index in [0.717, 1.165) is 5.56 Å². The third-order valence-electron chi connectivity index (χ3n) is 3.17. The fourth-order valence-corrected chi connectivity index (χ4v) is 3.29. The first kappa shape index (κ1) is 14.4. The number of hydrogen-bond acceptors (Lipinski definition) is 4. The second kappa shape index (κ2) is 5.16. The van der Waals surface area contributed by atoms with Crippen molar-refractivity contribution in [3.63, 3.8) is 0 Å². The van der Waals surface area contributed by atoms with Gasteiger partial charge in [-0.3, -0.25) is 8.99 Å². The third kappa shape index (κ3) is 2.36. The number of sulfonamides is 1. The van der Waals surface area contributed by atoms with Gasteiger partial charge in [0.15, 0.2) is 5.82 Å². The molecule has 0 radical (unpaired) electrons. The van der Waals surface area contributed by atoms with E-state index in [0.29, 0.717) is 12.2 Å². The van der Waals surface area contributed by atoms with Gasteiger partial charge in [0.1, 0.15) is 4.90 Å². The van der Waals surface area contributed by atoms with Gasteiger partial charge in [0.25, 0.3) is 10.0 Å². The molecule has 1 aromatic carbocycles. The number of nitrogens with zero attached hydrogens (tertiary/aromatic N) is 3. The van der Waals surface area contributed by atoms with Crippen molar-refractivity contribution in [3.8, 4) is 0 Å². The summed E-state index contributed by atoms with van der Waals surface area (Å²) in [6.07, 6.45) is 1.46. The number of benzene rings is 1. The fraction of sp³-hybridized carbons (Fsp3) is 0.308. The Morgan fingerprint density at radius 2 is 2.00 bits per heavy atom. The molecule has 20 heavy (non-hydrogen) atoms. The van der Waals surface area contributed by atoms with E-state index >= 15 is 0 Å². The van der Waals surface area contributed by atoms with Gasteiger partial charge in [0.05, 0.1) is 5.69 Å². The number of nitrogen functional groups attached to an aromatic ring is 1. The van der Waals surface area contributed by atoms with Crippen LogP contribution in [0.25, 0.3) is 0 Å². The lowest BCUT2D eigenvalue weighted by atomic mass is 10.2. The third-order valence-corrected chi connectivity index (χ3v) is 4.96. The maximum atomic E-state index is 12.6. The summed E-state index contributed by atoms with van der Waals surface area (Å²) in [5.74, 6) is 0.0206. The standard InChI is InChI=1S/C13H18N4O2S/c1-4-17-9-12(13(14)15-17)20(18,19)16(3)11-8-6-5-7-10(11)2/h5-9H,4H2,1-3H3,(H2,14,15). The highest BCUT2D eigenvalue weighted by Crippen LogP contribution is 2.27. The average Bonchev–Trinajstić information content (AvgIpc) is 2.80. The van der Waals surface area contributed by atoms with E-state index in [1.807, 2.05) is 26.0 Å². The molecule has 0 aliphatic rings. The smallest absolute Gasteiger partial charge is 0.269 e. The van der Waals surface area contributed by atoms with Crippen molar-refractivity contribution < 1.29 is 8.42 Å². The second-order valence-electron chi connectivity index (χ2n) is 4.49. The van der Waals surface area contributed by atoms with Crippen molar-refractivity contribution in [1.82, 2.24) is 9.78 Å². The zero-order valence-corrected chi connectivity index (χ0v) is 12.6. The fourth-order valence-electron chi connectivity index (χ4n) is 1.97. The van der Waals surface area contributed by atoms with E-state index in [-0.39, 0.29) is 10.7 Å². The van der Waals surface area contributed by atoms with Crippen molar-refractivity contribution in [1.29, 1.82) is 0 Å². The monoisotopic (exact) mass is 294 g/mol. The summed E-state index contributed by atoms with van der Waals surface area (Å²) in [6, 6.07) is 7.28. The van der Waals surface area contributed by atoms with Gasteiger partial charge in [-0.15, -0.1) is 0 Å². The van der Waals surface area contributed by atoms with Crippen molar-refractivity contribution in [3.05, 3.63) is 36.0 Å². The predicted molar refractivity (Wildman–Crippen MR) is 79.1 cm³/mol. The Bertz CT molecular complexity index is 722. The molecule has 1 heterocycles. The summed E-state index contributed by atoms with van der Waals surface area (Å²) in [4.78, 5) is 0.0325. The first-order valence-electron chi connectivity index (χ1n) is 6.25. The molecule has 2 N–H and O–H groups in total. The molecule has 0 bridgehead atoms. The minimum Gasteiger partial charge on any atom is -0.381 e. The molecular formula is C13H18N4O2S. The first-order chi connectivity index (χ1) is 9.37. The van der Waals surface area contributed by atoms with E-state index in [1.54, 1.807) is 12.1 Å². The Hall–Kier alpha value is -2.02. The maximum absolute atomic E-state index is 12.6. The molecule has 0 atom stereocenters. The van der Waals surface area contributed by atoms with Gasteiger partial charge >= 0.3 is 0 Å². The highest BCUT2D eigenvalue weighted by atomic mass is 32.2. The highest BCUT2D eigenvalue weighted by Gasteiger charge is 2.27. The van der Waals surface area contributed by atoms with E-state index < -0.39 is 10.0 Å². The molecule has 0 spiro atoms. The molecule has 7 heteroatoms. The molecule has 0 unspecified atom stereocenters. The van der Waals surface area contributed by atoms with Gasteiger partial charge in [-0.05, 0) is 25.5 Å². The zero-order chi connectivity index (χ0) is 14.9. The van der Waals surface area contributed by atoms with Crippen molar-refractivity contribution in [2.45, 2.75) is 25.3 Å². The van der Waals surface area contributed by atoms with Crippen LogP contribution in [0.5, 0.6) is 0 Å². The van der Waals surface area contributed by atoms with Gasteiger partial charge in [0.2, 0.25) is 0 Å². The molecule has 0 saturated carbocycles. The van der Waals surface area contributed by atoms with E-state index in [2.05, 4.69) is 5.10 Å². The molecule has 2 rings (SSSR count). The highest BCUT2D eigenvalue weighted by molar-refractivity contribution is 7.93. The lowest BCUT2D eigenvalue weighted by molar-refractivity contribution is 0.594. The number of anilines is 2. The molecular weight excluding hydrogens is 276 g/mol. The molecule has 108 valence electrons. The van der Waals surface area contributed by atoms with Gasteiger partial charge in [-0.1, -0.05) is 18.2 Å². The Labute approximate surface area is 118 Å². The minimum absolute atomic E-state index is 0.0206. The quantitative estimate of drug-likeness (QED) is 0.929. The number of rotatable bonds is 4. The summed E-state index contributed by atoms with van der Waals surface area (Å²) in [6.45, 7) is 4.29. The zero-order valence-electron chi connectivity index (χ0n) is 11.7. The summed E-state index contributed by atoms with van der Waals surface area (Å²) in [5.41, 5.74) is 7.22. The van der Waals surface area contributed by atoms with Crippen molar-refractivity contribution >= 4 is 21.5 Å². The van der Waals surface area contributed by atoms with Crippen LogP contribution < -0.4 is 10.0 Å². The van der Waals surface area contributed by atoms with Crippen LogP contribution in [0.3, 0.4) is 0 Å². The summed E-state index contributed by atoms with van der Waals surface area (Å²) in [5, 5.41) is 3.98. The Kier molecular flexibility index (Phi) is 3.71. The van der Waals surface area contributed by atoms with Crippen LogP contribution in [0.15, 0.2) is 35.4 Å². The number of aryl methyl sites for hydroxylation is 2. The number of aromatic nitrogens is 2. The van der Waals surface area contributed by atoms with E-state index in [1.165, 1.54) is 22.2 Å². The lowest BCUT2D eigenvalue weighted by Gasteiger charge is -2.20. The molecule has 2 aromatic rings. The van der Waals surface area contributed by atoms with Crippen LogP contribution in [-0.4, -0.2) is 25.2 Å². The molecule has 0 aliphatic carbocycles. The van der Waals surface area contributed by atoms with Gasteiger partial charge < -0.3 is 5.73 Å². The number of nitrogens with two attached hydrogens (primary N) is 1. The summed E-state index contributed by atoms with van der Waals surface area (Å²) in [7, 11) is -2.20. The first-order valence-corrected chi connectivity index (χ1v) is 7.69. The van der Waals surface area contributed by atoms with Crippen LogP contribution in [0.4, 0.5) is 11.5 Å². The number of para-hydroxylation sites is 1. The molecule has 0 aliphatic heterocycles. The Morgan fingerprint density at radius 1 is 1.35 bits per heavy atom. The van der Waals surface area contributed by atoms with Crippen LogP contribution >= 0.6 is 0 Å². The second-order valence-corrected chi connectivity index (χ2v) is 6.43. The lowest BCUT2D eigenvalue weighted by Crippen LogP contribution is -2.27. The SMILES string of the molecule is CCn1cc(S(=O)(=O)N(C)c2ccccc2C)c(N)n1. The molecule has 1 aromatic heterocycles. The van der Waals surface area contributed by atoms with Crippen LogP contribution in [-0.2, 0) is 16.6 Å². The molecule has 0 fully saturated rings. The van der Waals surface area contributed by atoms with E-state index in [9.17, 15) is 8.42 Å². The topological polar surface area (TPSA) is 81.2 Å². The summed E-state index contributed by atoms with van der Waals surface area (Å²) >= 11 is 0. The Morgan fingerprint density at radius 3 is 2.55 bits per heavy atom. The summed E-state index contributed by atoms with van der Waals surface area (Å²) < 4.78 is 28.0. The Balaban J connectivity index is 2.49.